The van der Waals surface area contributed by atoms with Crippen LogP contribution in [0.3, 0.4) is 0 Å². The first-order valence-electron chi connectivity index (χ1n) is 9.15. The molecule has 0 aliphatic carbocycles. The van der Waals surface area contributed by atoms with Gasteiger partial charge in [0, 0.05) is 12.2 Å². The molecule has 2 aromatic rings. The number of hydrogen-bond acceptors (Lipinski definition) is 4. The fraction of sp³-hybridized carbons (Fsp3) is 0.286. The molecule has 7 nitrogen and oxygen atoms in total. The first-order chi connectivity index (χ1) is 13.5. The number of nitrogens with zero attached hydrogens (tertiary/aromatic N) is 1. The van der Waals surface area contributed by atoms with Gasteiger partial charge in [-0.25, -0.2) is 0 Å². The second kappa shape index (κ2) is 8.56. The number of para-hydroxylation sites is 1. The van der Waals surface area contributed by atoms with Crippen molar-refractivity contribution >= 4 is 23.4 Å². The van der Waals surface area contributed by atoms with E-state index in [2.05, 4.69) is 5.32 Å². The summed E-state index contributed by atoms with van der Waals surface area (Å²) in [5.74, 6) is -0.952. The van der Waals surface area contributed by atoms with Crippen LogP contribution in [0.15, 0.2) is 48.5 Å². The molecule has 146 valence electrons. The highest BCUT2D eigenvalue weighted by molar-refractivity contribution is 6.03. The molecule has 0 spiro atoms. The van der Waals surface area contributed by atoms with Gasteiger partial charge in [0.25, 0.3) is 11.8 Å². The van der Waals surface area contributed by atoms with E-state index in [4.69, 9.17) is 10.5 Å². The van der Waals surface area contributed by atoms with Crippen LogP contribution in [0.5, 0.6) is 5.75 Å². The van der Waals surface area contributed by atoms with Gasteiger partial charge < -0.3 is 20.7 Å². The Morgan fingerprint density at radius 2 is 1.89 bits per heavy atom. The number of amides is 3. The van der Waals surface area contributed by atoms with Gasteiger partial charge in [-0.3, -0.25) is 14.4 Å². The van der Waals surface area contributed by atoms with Crippen LogP contribution in [0.1, 0.15) is 28.8 Å². The number of carbonyl (C=O) groups is 3. The Labute approximate surface area is 163 Å². The summed E-state index contributed by atoms with van der Waals surface area (Å²) in [4.78, 5) is 38.3. The number of piperidine rings is 1. The lowest BCUT2D eigenvalue weighted by Crippen LogP contribution is -2.52. The highest BCUT2D eigenvalue weighted by Gasteiger charge is 2.31. The fourth-order valence-electron chi connectivity index (χ4n) is 3.16. The number of primary amides is 1. The van der Waals surface area contributed by atoms with Crippen LogP contribution in [-0.4, -0.2) is 36.9 Å². The summed E-state index contributed by atoms with van der Waals surface area (Å²) in [6.45, 7) is 2.28. The third-order valence-corrected chi connectivity index (χ3v) is 4.59. The quantitative estimate of drug-likeness (QED) is 0.796. The zero-order chi connectivity index (χ0) is 20.1. The topological polar surface area (TPSA) is 102 Å². The number of ether oxygens (including phenoxy) is 1. The highest BCUT2D eigenvalue weighted by atomic mass is 16.5. The van der Waals surface area contributed by atoms with Crippen LogP contribution in [-0.2, 0) is 9.59 Å². The first-order valence-corrected chi connectivity index (χ1v) is 9.15. The van der Waals surface area contributed by atoms with E-state index in [1.807, 2.05) is 31.2 Å². The molecule has 7 heteroatoms. The van der Waals surface area contributed by atoms with Crippen molar-refractivity contribution in [2.24, 2.45) is 5.73 Å². The van der Waals surface area contributed by atoms with Crippen LogP contribution in [0.4, 0.5) is 5.69 Å². The van der Waals surface area contributed by atoms with E-state index in [9.17, 15) is 14.4 Å². The molecule has 3 N–H and O–H groups in total. The average molecular weight is 381 g/mol. The van der Waals surface area contributed by atoms with Gasteiger partial charge in [0.2, 0.25) is 5.91 Å². The van der Waals surface area contributed by atoms with E-state index < -0.39 is 17.9 Å². The number of rotatable bonds is 6. The second-order valence-corrected chi connectivity index (χ2v) is 6.74. The van der Waals surface area contributed by atoms with Crippen molar-refractivity contribution in [1.29, 1.82) is 0 Å². The van der Waals surface area contributed by atoms with Gasteiger partial charge in [-0.1, -0.05) is 29.8 Å². The van der Waals surface area contributed by atoms with Crippen LogP contribution in [0, 0.1) is 6.92 Å². The number of anilines is 1. The molecule has 0 bridgehead atoms. The van der Waals surface area contributed by atoms with E-state index in [1.54, 1.807) is 29.2 Å². The van der Waals surface area contributed by atoms with Crippen LogP contribution >= 0.6 is 0 Å². The number of nitrogens with two attached hydrogens (primary N) is 1. The van der Waals surface area contributed by atoms with E-state index in [-0.39, 0.29) is 23.8 Å². The lowest BCUT2D eigenvalue weighted by Gasteiger charge is -2.32. The number of hydrogen-bond donors (Lipinski definition) is 2. The molecule has 1 unspecified atom stereocenters. The molecule has 0 radical (unpaired) electrons. The van der Waals surface area contributed by atoms with Gasteiger partial charge in [-0.05, 0) is 44.0 Å². The number of aryl methyl sites for hydroxylation is 1. The minimum absolute atomic E-state index is 0.140. The van der Waals surface area contributed by atoms with Crippen molar-refractivity contribution < 1.29 is 19.1 Å². The molecule has 1 atom stereocenters. The molecule has 3 amide bonds. The van der Waals surface area contributed by atoms with E-state index >= 15 is 0 Å². The van der Waals surface area contributed by atoms with E-state index in [0.29, 0.717) is 13.0 Å². The summed E-state index contributed by atoms with van der Waals surface area (Å²) in [5.41, 5.74) is 7.29. The Kier molecular flexibility index (Phi) is 5.93. The Bertz CT molecular complexity index is 879. The summed E-state index contributed by atoms with van der Waals surface area (Å²) in [6, 6.07) is 13.6. The minimum Gasteiger partial charge on any atom is -0.483 e. The summed E-state index contributed by atoms with van der Waals surface area (Å²) in [6.07, 6.45) is 1.35. The fourth-order valence-corrected chi connectivity index (χ4v) is 3.16. The number of carbonyl (C=O) groups excluding carboxylic acids is 3. The van der Waals surface area contributed by atoms with Crippen LogP contribution in [0.25, 0.3) is 0 Å². The molecule has 1 aliphatic heterocycles. The zero-order valence-electron chi connectivity index (χ0n) is 15.7. The molecule has 28 heavy (non-hydrogen) atoms. The van der Waals surface area contributed by atoms with Crippen LogP contribution in [0.2, 0.25) is 0 Å². The largest absolute Gasteiger partial charge is 0.483 e. The predicted octanol–water partition coefficient (Wildman–Crippen LogP) is 1.78. The monoisotopic (exact) mass is 381 g/mol. The maximum Gasteiger partial charge on any atom is 0.255 e. The normalized spacial score (nSPS) is 16.5. The Morgan fingerprint density at radius 3 is 2.61 bits per heavy atom. The molecular weight excluding hydrogens is 358 g/mol. The lowest BCUT2D eigenvalue weighted by molar-refractivity contribution is -0.121. The summed E-state index contributed by atoms with van der Waals surface area (Å²) in [5, 5.41) is 2.80. The summed E-state index contributed by atoms with van der Waals surface area (Å²) < 4.78 is 5.31. The van der Waals surface area contributed by atoms with Crippen molar-refractivity contribution in [2.75, 3.05) is 18.1 Å². The molecule has 0 aromatic heterocycles. The average Bonchev–Trinajstić information content (AvgIpc) is 2.69. The van der Waals surface area contributed by atoms with Crippen molar-refractivity contribution in [2.45, 2.75) is 25.8 Å². The minimum atomic E-state index is -0.633. The molecule has 1 heterocycles. The smallest absolute Gasteiger partial charge is 0.255 e. The predicted molar refractivity (Wildman–Crippen MR) is 105 cm³/mol. The van der Waals surface area contributed by atoms with E-state index in [0.717, 1.165) is 17.7 Å². The van der Waals surface area contributed by atoms with Gasteiger partial charge in [0.05, 0.1) is 5.56 Å². The van der Waals surface area contributed by atoms with Gasteiger partial charge in [-0.15, -0.1) is 0 Å². The second-order valence-electron chi connectivity index (χ2n) is 6.74. The van der Waals surface area contributed by atoms with Gasteiger partial charge >= 0.3 is 0 Å². The molecule has 1 aliphatic rings. The third-order valence-electron chi connectivity index (χ3n) is 4.59. The Hall–Kier alpha value is -3.35. The van der Waals surface area contributed by atoms with Crippen molar-refractivity contribution in [1.82, 2.24) is 5.32 Å². The molecule has 0 saturated carbocycles. The molecule has 3 rings (SSSR count). The number of benzene rings is 2. The lowest BCUT2D eigenvalue weighted by atomic mass is 10.0. The summed E-state index contributed by atoms with van der Waals surface area (Å²) in [7, 11) is 0. The molecule has 1 fully saturated rings. The van der Waals surface area contributed by atoms with Crippen molar-refractivity contribution in [3.8, 4) is 5.75 Å². The molecule has 1 saturated heterocycles. The molecular formula is C21H23N3O4. The number of nitrogens with one attached hydrogen (secondary N) is 1. The highest BCUT2D eigenvalue weighted by Crippen LogP contribution is 2.23. The maximum absolute atomic E-state index is 12.9. The first kappa shape index (κ1) is 19.4. The van der Waals surface area contributed by atoms with Crippen LogP contribution < -0.4 is 20.7 Å². The Morgan fingerprint density at radius 1 is 1.18 bits per heavy atom. The maximum atomic E-state index is 12.9. The third kappa shape index (κ3) is 4.49. The molecule has 2 aromatic carbocycles. The zero-order valence-corrected chi connectivity index (χ0v) is 15.7. The summed E-state index contributed by atoms with van der Waals surface area (Å²) >= 11 is 0. The Balaban J connectivity index is 1.72. The van der Waals surface area contributed by atoms with Gasteiger partial charge in [-0.2, -0.15) is 0 Å². The van der Waals surface area contributed by atoms with Crippen molar-refractivity contribution in [3.05, 3.63) is 59.7 Å². The van der Waals surface area contributed by atoms with Gasteiger partial charge in [0.15, 0.2) is 6.61 Å². The van der Waals surface area contributed by atoms with Crippen molar-refractivity contribution in [3.63, 3.8) is 0 Å². The van der Waals surface area contributed by atoms with E-state index in [1.165, 1.54) is 0 Å². The SMILES string of the molecule is Cc1ccc(N2CCCC(NC(=O)c3ccccc3OCC(N)=O)C2=O)cc1. The van der Waals surface area contributed by atoms with Gasteiger partial charge in [0.1, 0.15) is 11.8 Å². The standard InChI is InChI=1S/C21H23N3O4/c1-14-8-10-15(11-9-14)24-12-4-6-17(21(24)27)23-20(26)16-5-2-3-7-18(16)28-13-19(22)25/h2-3,5,7-11,17H,4,6,12-13H2,1H3,(H2,22,25)(H,23,26).